The zero-order valence-corrected chi connectivity index (χ0v) is 21.7. The van der Waals surface area contributed by atoms with E-state index >= 15 is 4.39 Å². The summed E-state index contributed by atoms with van der Waals surface area (Å²) < 4.78 is 78.2. The molecule has 3 heterocycles. The molecule has 1 saturated heterocycles. The van der Waals surface area contributed by atoms with Crippen molar-refractivity contribution in [1.29, 1.82) is 0 Å². The van der Waals surface area contributed by atoms with Crippen LogP contribution in [0.3, 0.4) is 0 Å². The van der Waals surface area contributed by atoms with Crippen LogP contribution < -0.4 is 10.6 Å². The highest BCUT2D eigenvalue weighted by molar-refractivity contribution is 8.17. The molecule has 1 unspecified atom stereocenters. The van der Waals surface area contributed by atoms with Crippen molar-refractivity contribution in [2.45, 2.75) is 28.6 Å². The third kappa shape index (κ3) is 5.00. The lowest BCUT2D eigenvalue weighted by atomic mass is 10.1. The number of benzene rings is 2. The van der Waals surface area contributed by atoms with Crippen LogP contribution in [0.25, 0.3) is 10.9 Å². The van der Waals surface area contributed by atoms with Gasteiger partial charge in [-0.2, -0.15) is 29.1 Å². The average molecular weight is 569 g/mol. The number of nitrogens with zero attached hydrogens (tertiary/aromatic N) is 4. The summed E-state index contributed by atoms with van der Waals surface area (Å²) in [6.45, 7) is 4.48. The van der Waals surface area contributed by atoms with Crippen molar-refractivity contribution >= 4 is 33.5 Å². The standard InChI is InChI=1S/C26H25F5N4O3S/c1-3-22(36)33-6-8-34(9-7-33)24-18-10-15(26(29,30)31)11-21-23(18)35(25(37)32-24)13-17(38-2)14-39(21)20-5-4-16(27)12-19(20)28/h3-5,10-12,17,39H,1,6-9,13-14H2,2H3/t17-/m1/s1. The average Bonchev–Trinajstić information content (AvgIpc) is 3.07. The Morgan fingerprint density at radius 1 is 1.13 bits per heavy atom. The predicted octanol–water partition coefficient (Wildman–Crippen LogP) is 3.98. The van der Waals surface area contributed by atoms with Crippen LogP contribution in [-0.2, 0) is 22.3 Å². The molecule has 1 amide bonds. The van der Waals surface area contributed by atoms with Crippen LogP contribution in [0.15, 0.2) is 57.6 Å². The van der Waals surface area contributed by atoms with Gasteiger partial charge in [-0.15, -0.1) is 0 Å². The van der Waals surface area contributed by atoms with Gasteiger partial charge in [0.15, 0.2) is 0 Å². The Labute approximate surface area is 222 Å². The summed E-state index contributed by atoms with van der Waals surface area (Å²) in [6, 6.07) is 4.91. The maximum absolute atomic E-state index is 15.1. The fourth-order valence-corrected chi connectivity index (χ4v) is 7.76. The van der Waals surface area contributed by atoms with E-state index in [2.05, 4.69) is 11.6 Å². The molecule has 2 atom stereocenters. The fraction of sp³-hybridized carbons (Fsp3) is 0.346. The number of thiol groups is 1. The van der Waals surface area contributed by atoms with Gasteiger partial charge in [0, 0.05) is 60.3 Å². The first-order valence-electron chi connectivity index (χ1n) is 12.1. The molecule has 2 aliphatic heterocycles. The van der Waals surface area contributed by atoms with Gasteiger partial charge >= 0.3 is 11.9 Å². The van der Waals surface area contributed by atoms with Gasteiger partial charge in [-0.1, -0.05) is 6.58 Å². The number of methoxy groups -OCH3 is 1. The summed E-state index contributed by atoms with van der Waals surface area (Å²) >= 11 is 0. The summed E-state index contributed by atoms with van der Waals surface area (Å²) in [7, 11) is -0.430. The van der Waals surface area contributed by atoms with Crippen molar-refractivity contribution in [3.05, 3.63) is 70.7 Å². The van der Waals surface area contributed by atoms with Crippen LogP contribution >= 0.6 is 10.9 Å². The summed E-state index contributed by atoms with van der Waals surface area (Å²) in [5, 5.41) is 0.0923. The molecule has 1 fully saturated rings. The van der Waals surface area contributed by atoms with Crippen LogP contribution in [0.4, 0.5) is 27.8 Å². The number of ether oxygens (including phenoxy) is 1. The molecule has 208 valence electrons. The van der Waals surface area contributed by atoms with E-state index in [4.69, 9.17) is 4.74 Å². The van der Waals surface area contributed by atoms with E-state index in [1.54, 1.807) is 9.80 Å². The molecule has 5 rings (SSSR count). The second-order valence-electron chi connectivity index (χ2n) is 9.30. The molecule has 0 aliphatic carbocycles. The van der Waals surface area contributed by atoms with E-state index in [9.17, 15) is 27.2 Å². The third-order valence-corrected chi connectivity index (χ3v) is 9.66. The minimum absolute atomic E-state index is 0.000733. The Balaban J connectivity index is 1.77. The number of alkyl halides is 3. The minimum atomic E-state index is -4.74. The SMILES string of the molecule is C=CC(=O)N1CCN(c2nc(=O)n3c4c(cc(C(F)(F)F)cc24)[SH](c2ccc(F)cc2F)C[C@H](OC)C3)CC1. The second-order valence-corrected chi connectivity index (χ2v) is 11.5. The van der Waals surface area contributed by atoms with Crippen LogP contribution in [0.1, 0.15) is 5.56 Å². The zero-order valence-electron chi connectivity index (χ0n) is 20.8. The highest BCUT2D eigenvalue weighted by Gasteiger charge is 2.36. The van der Waals surface area contributed by atoms with E-state index in [0.717, 1.165) is 18.2 Å². The molecular weight excluding hydrogens is 543 g/mol. The van der Waals surface area contributed by atoms with Crippen molar-refractivity contribution in [1.82, 2.24) is 14.5 Å². The van der Waals surface area contributed by atoms with Crippen molar-refractivity contribution in [3.63, 3.8) is 0 Å². The van der Waals surface area contributed by atoms with Crippen molar-refractivity contribution in [2.75, 3.05) is 43.9 Å². The lowest BCUT2D eigenvalue weighted by Crippen LogP contribution is -2.49. The van der Waals surface area contributed by atoms with Crippen LogP contribution in [-0.4, -0.2) is 65.5 Å². The number of aromatic nitrogens is 2. The largest absolute Gasteiger partial charge is 0.416 e. The van der Waals surface area contributed by atoms with Gasteiger partial charge in [-0.25, -0.2) is 13.6 Å². The van der Waals surface area contributed by atoms with Gasteiger partial charge < -0.3 is 14.5 Å². The molecule has 0 N–H and O–H groups in total. The van der Waals surface area contributed by atoms with Gasteiger partial charge in [-0.3, -0.25) is 9.36 Å². The Bertz CT molecular complexity index is 1520. The maximum Gasteiger partial charge on any atom is 0.416 e. The third-order valence-electron chi connectivity index (χ3n) is 7.02. The maximum atomic E-state index is 15.1. The Morgan fingerprint density at radius 3 is 2.46 bits per heavy atom. The summed E-state index contributed by atoms with van der Waals surface area (Å²) in [4.78, 5) is 33.0. The Hall–Kier alpha value is -3.45. The number of carbonyl (C=O) groups excluding carboxylic acids is 1. The molecule has 1 aromatic heterocycles. The highest BCUT2D eigenvalue weighted by atomic mass is 32.2. The number of hydrogen-bond acceptors (Lipinski definition) is 5. The van der Waals surface area contributed by atoms with Crippen molar-refractivity contribution in [2.24, 2.45) is 0 Å². The van der Waals surface area contributed by atoms with Crippen LogP contribution in [0.5, 0.6) is 0 Å². The summed E-state index contributed by atoms with van der Waals surface area (Å²) in [6.07, 6.45) is -4.19. The number of halogens is 5. The van der Waals surface area contributed by atoms with E-state index in [0.29, 0.717) is 6.07 Å². The molecule has 0 spiro atoms. The number of hydrogen-bond donors (Lipinski definition) is 1. The molecule has 2 aromatic carbocycles. The normalized spacial score (nSPS) is 20.7. The van der Waals surface area contributed by atoms with E-state index in [1.165, 1.54) is 23.8 Å². The molecule has 3 aromatic rings. The lowest BCUT2D eigenvalue weighted by Gasteiger charge is -2.35. The minimum Gasteiger partial charge on any atom is -0.379 e. The number of amides is 1. The van der Waals surface area contributed by atoms with Gasteiger partial charge in [0.1, 0.15) is 17.5 Å². The van der Waals surface area contributed by atoms with Gasteiger partial charge in [0.05, 0.1) is 23.7 Å². The monoisotopic (exact) mass is 568 g/mol. The fourth-order valence-electron chi connectivity index (χ4n) is 5.07. The number of anilines is 1. The lowest BCUT2D eigenvalue weighted by molar-refractivity contribution is -0.137. The second kappa shape index (κ2) is 10.3. The number of piperazine rings is 1. The smallest absolute Gasteiger partial charge is 0.379 e. The molecule has 7 nitrogen and oxygen atoms in total. The molecule has 0 radical (unpaired) electrons. The quantitative estimate of drug-likeness (QED) is 0.293. The molecule has 0 bridgehead atoms. The zero-order chi connectivity index (χ0) is 28.1. The van der Waals surface area contributed by atoms with E-state index < -0.39 is 46.1 Å². The summed E-state index contributed by atoms with van der Waals surface area (Å²) in [5.41, 5.74) is -1.43. The molecule has 0 saturated carbocycles. The first-order chi connectivity index (χ1) is 18.5. The van der Waals surface area contributed by atoms with Gasteiger partial charge in [-0.05, 0) is 30.3 Å². The van der Waals surface area contributed by atoms with Crippen molar-refractivity contribution in [3.8, 4) is 0 Å². The van der Waals surface area contributed by atoms with Crippen LogP contribution in [0, 0.1) is 11.6 Å². The molecular formula is C26H25F5N4O3S. The van der Waals surface area contributed by atoms with Gasteiger partial charge in [0.25, 0.3) is 0 Å². The predicted molar refractivity (Wildman–Crippen MR) is 138 cm³/mol. The molecule has 39 heavy (non-hydrogen) atoms. The number of carbonyl (C=O) groups is 1. The van der Waals surface area contributed by atoms with E-state index in [-0.39, 0.29) is 70.9 Å². The first-order valence-corrected chi connectivity index (χ1v) is 13.6. The molecule has 2 aliphatic rings. The number of rotatable bonds is 4. The highest BCUT2D eigenvalue weighted by Crippen LogP contribution is 2.52. The van der Waals surface area contributed by atoms with Gasteiger partial charge in [0.2, 0.25) is 5.91 Å². The topological polar surface area (TPSA) is 67.7 Å². The Morgan fingerprint density at radius 2 is 1.85 bits per heavy atom. The first kappa shape index (κ1) is 27.1. The summed E-state index contributed by atoms with van der Waals surface area (Å²) in [5.74, 6) is -1.78. The van der Waals surface area contributed by atoms with E-state index in [1.807, 2.05) is 0 Å². The van der Waals surface area contributed by atoms with Crippen LogP contribution in [0.2, 0.25) is 0 Å². The molecule has 13 heteroatoms. The Kier molecular flexibility index (Phi) is 7.14. The van der Waals surface area contributed by atoms with Crippen molar-refractivity contribution < 1.29 is 31.5 Å².